The van der Waals surface area contributed by atoms with Gasteiger partial charge in [-0.2, -0.15) is 0 Å². The van der Waals surface area contributed by atoms with Crippen molar-refractivity contribution >= 4 is 17.5 Å². The van der Waals surface area contributed by atoms with E-state index in [1.54, 1.807) is 14.2 Å². The summed E-state index contributed by atoms with van der Waals surface area (Å²) in [7, 11) is 3.15. The summed E-state index contributed by atoms with van der Waals surface area (Å²) in [5.41, 5.74) is 1.60. The van der Waals surface area contributed by atoms with Crippen molar-refractivity contribution in [1.29, 1.82) is 0 Å². The van der Waals surface area contributed by atoms with Gasteiger partial charge in [0.1, 0.15) is 11.5 Å². The van der Waals surface area contributed by atoms with E-state index in [-0.39, 0.29) is 11.5 Å². The van der Waals surface area contributed by atoms with Gasteiger partial charge in [0.2, 0.25) is 5.95 Å². The van der Waals surface area contributed by atoms with Crippen molar-refractivity contribution in [2.24, 2.45) is 0 Å². The zero-order valence-electron chi connectivity index (χ0n) is 15.4. The monoisotopic (exact) mass is 382 g/mol. The lowest BCUT2D eigenvalue weighted by Crippen LogP contribution is -2.15. The van der Waals surface area contributed by atoms with Gasteiger partial charge in [0.25, 0.3) is 5.91 Å². The van der Waals surface area contributed by atoms with Gasteiger partial charge >= 0.3 is 0 Å². The molecule has 0 radical (unpaired) electrons. The smallest absolute Gasteiger partial charge is 0.274 e. The van der Waals surface area contributed by atoms with Gasteiger partial charge < -0.3 is 20.1 Å². The second-order valence-corrected chi connectivity index (χ2v) is 5.77. The summed E-state index contributed by atoms with van der Waals surface area (Å²) in [5.74, 6) is 0.781. The van der Waals surface area contributed by atoms with Crippen LogP contribution < -0.4 is 20.1 Å². The number of carbonyl (C=O) groups excluding carboxylic acids is 1. The third-order valence-electron chi connectivity index (χ3n) is 3.89. The molecule has 0 spiro atoms. The number of hydrogen-bond acceptors (Lipinski definition) is 6. The zero-order chi connectivity index (χ0) is 19.9. The van der Waals surface area contributed by atoms with Crippen LogP contribution in [0.15, 0.2) is 54.7 Å². The Morgan fingerprint density at radius 3 is 2.50 bits per heavy atom. The number of benzene rings is 2. The molecule has 3 aromatic rings. The van der Waals surface area contributed by atoms with Gasteiger partial charge in [-0.1, -0.05) is 6.07 Å². The molecular weight excluding hydrogens is 363 g/mol. The van der Waals surface area contributed by atoms with Crippen LogP contribution in [0.3, 0.4) is 0 Å². The van der Waals surface area contributed by atoms with E-state index in [1.807, 2.05) is 18.2 Å². The lowest BCUT2D eigenvalue weighted by Gasteiger charge is -2.11. The van der Waals surface area contributed by atoms with E-state index >= 15 is 0 Å². The Hall–Kier alpha value is -3.68. The molecule has 7 nitrogen and oxygen atoms in total. The molecule has 0 bridgehead atoms. The molecular formula is C20H19FN4O3. The van der Waals surface area contributed by atoms with Gasteiger partial charge in [-0.05, 0) is 48.0 Å². The second-order valence-electron chi connectivity index (χ2n) is 5.77. The third-order valence-corrected chi connectivity index (χ3v) is 3.89. The summed E-state index contributed by atoms with van der Waals surface area (Å²) in [6.07, 6.45) is 1.49. The average molecular weight is 382 g/mol. The molecule has 144 valence electrons. The topological polar surface area (TPSA) is 85.4 Å². The number of amides is 1. The second kappa shape index (κ2) is 8.81. The summed E-state index contributed by atoms with van der Waals surface area (Å²) >= 11 is 0. The van der Waals surface area contributed by atoms with Gasteiger partial charge in [0, 0.05) is 18.4 Å². The van der Waals surface area contributed by atoms with Crippen LogP contribution in [0.5, 0.6) is 11.5 Å². The van der Waals surface area contributed by atoms with E-state index in [0.717, 1.165) is 5.56 Å². The first-order chi connectivity index (χ1) is 13.6. The lowest BCUT2D eigenvalue weighted by molar-refractivity contribution is 0.102. The molecule has 0 saturated heterocycles. The van der Waals surface area contributed by atoms with E-state index in [2.05, 4.69) is 20.6 Å². The standard InChI is InChI=1S/C20H19FN4O3/c1-27-17-8-3-13(11-18(17)28-2)12-23-20-22-10-9-16(25-20)19(26)24-15-6-4-14(21)5-7-15/h3-11H,12H2,1-2H3,(H,24,26)(H,22,23,25). The number of anilines is 2. The fourth-order valence-corrected chi connectivity index (χ4v) is 2.47. The number of hydrogen-bond donors (Lipinski definition) is 2. The zero-order valence-corrected chi connectivity index (χ0v) is 15.4. The molecule has 0 saturated carbocycles. The third kappa shape index (κ3) is 4.73. The average Bonchev–Trinajstić information content (AvgIpc) is 2.73. The van der Waals surface area contributed by atoms with Crippen LogP contribution in [0.25, 0.3) is 0 Å². The summed E-state index contributed by atoms with van der Waals surface area (Å²) in [5, 5.41) is 5.73. The number of nitrogens with zero attached hydrogens (tertiary/aromatic N) is 2. The minimum Gasteiger partial charge on any atom is -0.493 e. The Morgan fingerprint density at radius 2 is 1.79 bits per heavy atom. The molecule has 2 N–H and O–H groups in total. The van der Waals surface area contributed by atoms with Crippen LogP contribution in [0.4, 0.5) is 16.0 Å². The maximum absolute atomic E-state index is 13.0. The van der Waals surface area contributed by atoms with Crippen LogP contribution in [0.2, 0.25) is 0 Å². The van der Waals surface area contributed by atoms with Gasteiger partial charge in [0.15, 0.2) is 11.5 Å². The summed E-state index contributed by atoms with van der Waals surface area (Å²) < 4.78 is 23.5. The molecule has 1 amide bonds. The van der Waals surface area contributed by atoms with Crippen LogP contribution in [-0.4, -0.2) is 30.1 Å². The van der Waals surface area contributed by atoms with Crippen molar-refractivity contribution < 1.29 is 18.7 Å². The van der Waals surface area contributed by atoms with Crippen molar-refractivity contribution in [3.63, 3.8) is 0 Å². The predicted molar refractivity (Wildman–Crippen MR) is 103 cm³/mol. The van der Waals surface area contributed by atoms with Crippen LogP contribution in [0, 0.1) is 5.82 Å². The van der Waals surface area contributed by atoms with Crippen LogP contribution in [0.1, 0.15) is 16.1 Å². The number of halogens is 1. The maximum atomic E-state index is 13.0. The molecule has 0 aliphatic heterocycles. The lowest BCUT2D eigenvalue weighted by atomic mass is 10.2. The largest absolute Gasteiger partial charge is 0.493 e. The van der Waals surface area contributed by atoms with Crippen LogP contribution in [-0.2, 0) is 6.54 Å². The van der Waals surface area contributed by atoms with Crippen molar-refractivity contribution in [3.8, 4) is 11.5 Å². The molecule has 0 aliphatic carbocycles. The Bertz CT molecular complexity index is 964. The number of nitrogens with one attached hydrogen (secondary N) is 2. The normalized spacial score (nSPS) is 10.2. The van der Waals surface area contributed by atoms with Crippen molar-refractivity contribution in [2.45, 2.75) is 6.54 Å². The number of carbonyl (C=O) groups is 1. The number of rotatable bonds is 7. The predicted octanol–water partition coefficient (Wildman–Crippen LogP) is 3.50. The van der Waals surface area contributed by atoms with Gasteiger partial charge in [-0.3, -0.25) is 4.79 Å². The van der Waals surface area contributed by atoms with Gasteiger partial charge in [-0.15, -0.1) is 0 Å². The number of ether oxygens (including phenoxy) is 2. The molecule has 3 rings (SSSR count). The highest BCUT2D eigenvalue weighted by atomic mass is 19.1. The molecule has 0 unspecified atom stereocenters. The molecule has 2 aromatic carbocycles. The quantitative estimate of drug-likeness (QED) is 0.651. The molecule has 28 heavy (non-hydrogen) atoms. The maximum Gasteiger partial charge on any atom is 0.274 e. The van der Waals surface area contributed by atoms with E-state index in [4.69, 9.17) is 9.47 Å². The first kappa shape index (κ1) is 19.1. The van der Waals surface area contributed by atoms with Gasteiger partial charge in [0.05, 0.1) is 14.2 Å². The molecule has 1 heterocycles. The van der Waals surface area contributed by atoms with Crippen molar-refractivity contribution in [3.05, 3.63) is 71.8 Å². The fourth-order valence-electron chi connectivity index (χ4n) is 2.47. The fraction of sp³-hybridized carbons (Fsp3) is 0.150. The summed E-state index contributed by atoms with van der Waals surface area (Å²) in [4.78, 5) is 20.7. The molecule has 0 fully saturated rings. The Balaban J connectivity index is 1.66. The van der Waals surface area contributed by atoms with E-state index < -0.39 is 5.91 Å². The first-order valence-electron chi connectivity index (χ1n) is 8.44. The molecule has 0 aliphatic rings. The highest BCUT2D eigenvalue weighted by molar-refractivity contribution is 6.02. The highest BCUT2D eigenvalue weighted by Crippen LogP contribution is 2.27. The highest BCUT2D eigenvalue weighted by Gasteiger charge is 2.10. The number of methoxy groups -OCH3 is 2. The molecule has 0 atom stereocenters. The SMILES string of the molecule is COc1ccc(CNc2nccc(C(=O)Nc3ccc(F)cc3)n2)cc1OC. The molecule has 8 heteroatoms. The minimum atomic E-state index is -0.414. The first-order valence-corrected chi connectivity index (χ1v) is 8.44. The van der Waals surface area contributed by atoms with E-state index in [9.17, 15) is 9.18 Å². The van der Waals surface area contributed by atoms with Gasteiger partial charge in [-0.25, -0.2) is 14.4 Å². The van der Waals surface area contributed by atoms with Crippen molar-refractivity contribution in [2.75, 3.05) is 24.9 Å². The van der Waals surface area contributed by atoms with Crippen molar-refractivity contribution in [1.82, 2.24) is 9.97 Å². The summed E-state index contributed by atoms with van der Waals surface area (Å²) in [6.45, 7) is 0.434. The Morgan fingerprint density at radius 1 is 1.04 bits per heavy atom. The van der Waals surface area contributed by atoms with Crippen LogP contribution >= 0.6 is 0 Å². The van der Waals surface area contributed by atoms with E-state index in [1.165, 1.54) is 36.5 Å². The molecule has 1 aromatic heterocycles. The summed E-state index contributed by atoms with van der Waals surface area (Å²) in [6, 6.07) is 12.5. The Labute approximate surface area is 161 Å². The minimum absolute atomic E-state index is 0.189. The van der Waals surface area contributed by atoms with E-state index in [0.29, 0.717) is 29.7 Å². The number of aromatic nitrogens is 2. The Kier molecular flexibility index (Phi) is 6.01.